The number of carbonyl (C=O) groups is 2. The fraction of sp³-hybridized carbons (Fsp3) is 0.467. The van der Waals surface area contributed by atoms with E-state index in [4.69, 9.17) is 5.11 Å². The van der Waals surface area contributed by atoms with Crippen LogP contribution in [0.2, 0.25) is 0 Å². The summed E-state index contributed by atoms with van der Waals surface area (Å²) in [5, 5.41) is 14.3. The summed E-state index contributed by atoms with van der Waals surface area (Å²) in [6.07, 6.45) is 2.32. The van der Waals surface area contributed by atoms with Crippen molar-refractivity contribution in [3.8, 4) is 0 Å². The number of carboxylic acid groups (broad SMARTS) is 1. The van der Waals surface area contributed by atoms with Gasteiger partial charge in [0.15, 0.2) is 0 Å². The molecule has 1 aromatic rings. The summed E-state index contributed by atoms with van der Waals surface area (Å²) >= 11 is 1.55. The van der Waals surface area contributed by atoms with Crippen molar-refractivity contribution in [1.29, 1.82) is 0 Å². The fourth-order valence-corrected chi connectivity index (χ4v) is 2.32. The number of aliphatic carboxylic acids is 1. The lowest BCUT2D eigenvalue weighted by molar-refractivity contribution is -0.139. The minimum atomic E-state index is -1.00. The zero-order valence-electron chi connectivity index (χ0n) is 12.3. The number of amides is 2. The lowest BCUT2D eigenvalue weighted by Gasteiger charge is -2.17. The largest absolute Gasteiger partial charge is 0.480 e. The summed E-state index contributed by atoms with van der Waals surface area (Å²) < 4.78 is 0. The Morgan fingerprint density at radius 2 is 1.95 bits per heavy atom. The zero-order chi connectivity index (χ0) is 15.7. The molecule has 1 unspecified atom stereocenters. The Bertz CT molecular complexity index is 453. The van der Waals surface area contributed by atoms with E-state index in [1.165, 1.54) is 0 Å². The molecule has 0 saturated carbocycles. The van der Waals surface area contributed by atoms with E-state index >= 15 is 0 Å². The van der Waals surface area contributed by atoms with Crippen LogP contribution < -0.4 is 10.6 Å². The van der Waals surface area contributed by atoms with Crippen molar-refractivity contribution >= 4 is 23.8 Å². The zero-order valence-corrected chi connectivity index (χ0v) is 13.2. The Balaban J connectivity index is 2.40. The monoisotopic (exact) mass is 310 g/mol. The Morgan fingerprint density at radius 3 is 2.52 bits per heavy atom. The van der Waals surface area contributed by atoms with Gasteiger partial charge in [0.25, 0.3) is 0 Å². The topological polar surface area (TPSA) is 78.4 Å². The van der Waals surface area contributed by atoms with Gasteiger partial charge in [0.05, 0.1) is 0 Å². The molecular formula is C15H22N2O3S. The minimum Gasteiger partial charge on any atom is -0.480 e. The van der Waals surface area contributed by atoms with Gasteiger partial charge in [-0.2, -0.15) is 11.8 Å². The van der Waals surface area contributed by atoms with E-state index in [1.807, 2.05) is 43.5 Å². The van der Waals surface area contributed by atoms with E-state index in [2.05, 4.69) is 10.6 Å². The maximum Gasteiger partial charge on any atom is 0.326 e. The summed E-state index contributed by atoms with van der Waals surface area (Å²) in [7, 11) is 0. The van der Waals surface area contributed by atoms with Crippen LogP contribution in [-0.4, -0.2) is 41.7 Å². The molecule has 0 aliphatic carbocycles. The van der Waals surface area contributed by atoms with E-state index in [0.717, 1.165) is 5.56 Å². The molecule has 0 aliphatic rings. The molecule has 6 heteroatoms. The Kier molecular flexibility index (Phi) is 7.68. The molecule has 1 aromatic carbocycles. The highest BCUT2D eigenvalue weighted by molar-refractivity contribution is 7.98. The molecule has 0 spiro atoms. The summed E-state index contributed by atoms with van der Waals surface area (Å²) in [5.74, 6) is -0.140. The molecule has 0 saturated heterocycles. The van der Waals surface area contributed by atoms with Crippen LogP contribution >= 0.6 is 11.8 Å². The third-order valence-electron chi connectivity index (χ3n) is 3.15. The van der Waals surface area contributed by atoms with E-state index in [9.17, 15) is 9.59 Å². The summed E-state index contributed by atoms with van der Waals surface area (Å²) in [6.45, 7) is 2.47. The summed E-state index contributed by atoms with van der Waals surface area (Å²) in [5.41, 5.74) is 1.13. The van der Waals surface area contributed by atoms with Gasteiger partial charge in [-0.1, -0.05) is 37.3 Å². The van der Waals surface area contributed by atoms with Crippen LogP contribution in [0, 0.1) is 0 Å². The van der Waals surface area contributed by atoms with Gasteiger partial charge in [0, 0.05) is 6.54 Å². The molecule has 1 rings (SSSR count). The first-order valence-corrected chi connectivity index (χ1v) is 8.25. The molecule has 0 fully saturated rings. The normalized spacial score (nSPS) is 13.2. The quantitative estimate of drug-likeness (QED) is 0.688. The maximum atomic E-state index is 11.8. The van der Waals surface area contributed by atoms with Crippen molar-refractivity contribution in [2.45, 2.75) is 25.3 Å². The predicted molar refractivity (Wildman–Crippen MR) is 85.8 cm³/mol. The standard InChI is InChI=1S/C15H22N2O3S/c1-11(12-6-4-3-5-7-12)10-16-15(20)17-13(14(18)19)8-9-21-2/h3-7,11,13H,8-10H2,1-2H3,(H,18,19)(H2,16,17,20)/t11?,13-/m1/s1. The van der Waals surface area contributed by atoms with Crippen molar-refractivity contribution in [1.82, 2.24) is 10.6 Å². The molecular weight excluding hydrogens is 288 g/mol. The third-order valence-corrected chi connectivity index (χ3v) is 3.80. The predicted octanol–water partition coefficient (Wildman–Crippen LogP) is 2.30. The molecule has 0 bridgehead atoms. The SMILES string of the molecule is CSCC[C@@H](NC(=O)NCC(C)c1ccccc1)C(=O)O. The number of carboxylic acids is 1. The Morgan fingerprint density at radius 1 is 1.29 bits per heavy atom. The van der Waals surface area contributed by atoms with Crippen LogP contribution in [0.15, 0.2) is 30.3 Å². The van der Waals surface area contributed by atoms with Gasteiger partial charge in [-0.15, -0.1) is 0 Å². The molecule has 116 valence electrons. The summed E-state index contributed by atoms with van der Waals surface area (Å²) in [6, 6.07) is 8.57. The number of benzene rings is 1. The second kappa shape index (κ2) is 9.28. The molecule has 0 heterocycles. The molecule has 5 nitrogen and oxygen atoms in total. The first-order valence-electron chi connectivity index (χ1n) is 6.85. The van der Waals surface area contributed by atoms with Crippen LogP contribution in [0.3, 0.4) is 0 Å². The average Bonchev–Trinajstić information content (AvgIpc) is 2.49. The van der Waals surface area contributed by atoms with Crippen LogP contribution in [0.4, 0.5) is 4.79 Å². The minimum absolute atomic E-state index is 0.173. The van der Waals surface area contributed by atoms with Crippen molar-refractivity contribution in [2.75, 3.05) is 18.6 Å². The molecule has 0 aliphatic heterocycles. The van der Waals surface area contributed by atoms with Gasteiger partial charge < -0.3 is 15.7 Å². The van der Waals surface area contributed by atoms with Crippen molar-refractivity contribution in [3.63, 3.8) is 0 Å². The van der Waals surface area contributed by atoms with E-state index < -0.39 is 18.0 Å². The van der Waals surface area contributed by atoms with Gasteiger partial charge in [-0.3, -0.25) is 0 Å². The highest BCUT2D eigenvalue weighted by atomic mass is 32.2. The number of carbonyl (C=O) groups excluding carboxylic acids is 1. The van der Waals surface area contributed by atoms with Gasteiger partial charge in [-0.25, -0.2) is 9.59 Å². The smallest absolute Gasteiger partial charge is 0.326 e. The second-order valence-electron chi connectivity index (χ2n) is 4.84. The lowest BCUT2D eigenvalue weighted by atomic mass is 10.0. The first kappa shape index (κ1) is 17.4. The lowest BCUT2D eigenvalue weighted by Crippen LogP contribution is -2.47. The number of nitrogens with one attached hydrogen (secondary N) is 2. The van der Waals surface area contributed by atoms with Gasteiger partial charge in [-0.05, 0) is 29.9 Å². The van der Waals surface area contributed by atoms with Crippen LogP contribution in [0.25, 0.3) is 0 Å². The number of thioether (sulfide) groups is 1. The first-order chi connectivity index (χ1) is 10.0. The maximum absolute atomic E-state index is 11.8. The summed E-state index contributed by atoms with van der Waals surface area (Å²) in [4.78, 5) is 22.8. The number of hydrogen-bond acceptors (Lipinski definition) is 3. The molecule has 0 radical (unpaired) electrons. The third kappa shape index (κ3) is 6.53. The molecule has 21 heavy (non-hydrogen) atoms. The van der Waals surface area contributed by atoms with Crippen LogP contribution in [0.5, 0.6) is 0 Å². The van der Waals surface area contributed by atoms with Gasteiger partial charge in [0.2, 0.25) is 0 Å². The Hall–Kier alpha value is -1.69. The fourth-order valence-electron chi connectivity index (χ4n) is 1.85. The van der Waals surface area contributed by atoms with Crippen molar-refractivity contribution in [2.24, 2.45) is 0 Å². The van der Waals surface area contributed by atoms with E-state index in [1.54, 1.807) is 11.8 Å². The molecule has 3 N–H and O–H groups in total. The van der Waals surface area contributed by atoms with Gasteiger partial charge in [0.1, 0.15) is 6.04 Å². The van der Waals surface area contributed by atoms with Gasteiger partial charge >= 0.3 is 12.0 Å². The van der Waals surface area contributed by atoms with Crippen molar-refractivity contribution in [3.05, 3.63) is 35.9 Å². The average molecular weight is 310 g/mol. The van der Waals surface area contributed by atoms with E-state index in [-0.39, 0.29) is 5.92 Å². The second-order valence-corrected chi connectivity index (χ2v) is 5.82. The molecule has 2 amide bonds. The number of urea groups is 1. The highest BCUT2D eigenvalue weighted by Crippen LogP contribution is 2.12. The highest BCUT2D eigenvalue weighted by Gasteiger charge is 2.19. The number of rotatable bonds is 8. The van der Waals surface area contributed by atoms with Crippen molar-refractivity contribution < 1.29 is 14.7 Å². The number of hydrogen-bond donors (Lipinski definition) is 3. The molecule has 0 aromatic heterocycles. The van der Waals surface area contributed by atoms with Crippen LogP contribution in [0.1, 0.15) is 24.8 Å². The van der Waals surface area contributed by atoms with E-state index in [0.29, 0.717) is 18.7 Å². The Labute approximate surface area is 129 Å². The molecule has 2 atom stereocenters. The van der Waals surface area contributed by atoms with Crippen LogP contribution in [-0.2, 0) is 4.79 Å².